The summed E-state index contributed by atoms with van der Waals surface area (Å²) < 4.78 is 10.6. The average molecular weight is 462 g/mol. The van der Waals surface area contributed by atoms with Gasteiger partial charge in [0.05, 0.1) is 31.5 Å². The van der Waals surface area contributed by atoms with Gasteiger partial charge in [0.25, 0.3) is 0 Å². The van der Waals surface area contributed by atoms with Crippen LogP contribution in [0.15, 0.2) is 77.7 Å². The number of ether oxygens (including phenoxy) is 2. The van der Waals surface area contributed by atoms with Crippen LogP contribution >= 0.6 is 11.3 Å². The number of nitrogen functional groups attached to an aromatic ring is 1. The van der Waals surface area contributed by atoms with Gasteiger partial charge in [-0.15, -0.1) is 11.3 Å². The van der Waals surface area contributed by atoms with Gasteiger partial charge in [-0.3, -0.25) is 4.79 Å². The molecule has 0 saturated carbocycles. The second kappa shape index (κ2) is 10.3. The molecule has 3 aromatic rings. The fourth-order valence-electron chi connectivity index (χ4n) is 3.63. The third-order valence-electron chi connectivity index (χ3n) is 5.51. The lowest BCUT2D eigenvalue weighted by Gasteiger charge is -2.18. The highest BCUT2D eigenvalue weighted by Gasteiger charge is 2.18. The molecule has 1 aliphatic carbocycles. The van der Waals surface area contributed by atoms with Crippen molar-refractivity contribution in [2.24, 2.45) is 5.92 Å². The lowest BCUT2D eigenvalue weighted by atomic mass is 9.95. The van der Waals surface area contributed by atoms with Crippen molar-refractivity contribution in [1.29, 1.82) is 0 Å². The van der Waals surface area contributed by atoms with E-state index in [1.54, 1.807) is 25.6 Å². The van der Waals surface area contributed by atoms with E-state index in [-0.39, 0.29) is 11.8 Å². The molecule has 4 N–H and O–H groups in total. The fraction of sp³-hybridized carbons (Fsp3) is 0.192. The number of rotatable bonds is 8. The van der Waals surface area contributed by atoms with E-state index in [0.29, 0.717) is 35.8 Å². The zero-order valence-electron chi connectivity index (χ0n) is 18.6. The molecule has 33 heavy (non-hydrogen) atoms. The molecule has 7 heteroatoms. The smallest absolute Gasteiger partial charge is 0.231 e. The largest absolute Gasteiger partial charge is 0.493 e. The Bertz CT molecular complexity index is 1190. The molecule has 0 spiro atoms. The van der Waals surface area contributed by atoms with Crippen molar-refractivity contribution in [2.75, 3.05) is 37.1 Å². The monoisotopic (exact) mass is 461 g/mol. The Morgan fingerprint density at radius 3 is 2.67 bits per heavy atom. The second-order valence-electron chi connectivity index (χ2n) is 7.67. The van der Waals surface area contributed by atoms with Gasteiger partial charge in [-0.1, -0.05) is 30.4 Å². The number of carbonyl (C=O) groups is 1. The molecule has 6 nitrogen and oxygen atoms in total. The average Bonchev–Trinajstić information content (AvgIpc) is 3.39. The van der Waals surface area contributed by atoms with Crippen LogP contribution in [0.5, 0.6) is 11.5 Å². The van der Waals surface area contributed by atoms with E-state index < -0.39 is 0 Å². The first-order valence-electron chi connectivity index (χ1n) is 10.6. The summed E-state index contributed by atoms with van der Waals surface area (Å²) in [7, 11) is 3.23. The normalized spacial score (nSPS) is 15.0. The number of nitrogens with two attached hydrogens (primary N) is 1. The lowest BCUT2D eigenvalue weighted by molar-refractivity contribution is -0.118. The summed E-state index contributed by atoms with van der Waals surface area (Å²) >= 11 is 1.65. The zero-order valence-corrected chi connectivity index (χ0v) is 19.4. The standard InChI is InChI=1S/C26H27N3O3S/c1-31-23-12-10-20(15-24(23)32-2)28-16-17-5-7-18(8-6-17)26(30)29-22-14-19(9-11-21(22)27)25-4-3-13-33-25/h3-7,9-15,18,28H,8,16,27H2,1-2H3,(H,29,30). The third-order valence-corrected chi connectivity index (χ3v) is 6.43. The topological polar surface area (TPSA) is 85.6 Å². The number of hydrogen-bond acceptors (Lipinski definition) is 6. The summed E-state index contributed by atoms with van der Waals surface area (Å²) in [5.74, 6) is 1.06. The van der Waals surface area contributed by atoms with E-state index in [4.69, 9.17) is 15.2 Å². The Morgan fingerprint density at radius 1 is 1.12 bits per heavy atom. The van der Waals surface area contributed by atoms with Crippen molar-refractivity contribution >= 4 is 34.3 Å². The van der Waals surface area contributed by atoms with Crippen molar-refractivity contribution in [1.82, 2.24) is 0 Å². The summed E-state index contributed by atoms with van der Waals surface area (Å²) in [5, 5.41) is 8.41. The first-order valence-corrected chi connectivity index (χ1v) is 11.5. The summed E-state index contributed by atoms with van der Waals surface area (Å²) in [6, 6.07) is 15.5. The summed E-state index contributed by atoms with van der Waals surface area (Å²) in [6.07, 6.45) is 6.66. The predicted octanol–water partition coefficient (Wildman–Crippen LogP) is 5.57. The molecular formula is C26H27N3O3S. The van der Waals surface area contributed by atoms with E-state index in [9.17, 15) is 4.79 Å². The highest BCUT2D eigenvalue weighted by molar-refractivity contribution is 7.13. The summed E-state index contributed by atoms with van der Waals surface area (Å²) in [5.41, 5.74) is 10.4. The lowest BCUT2D eigenvalue weighted by Crippen LogP contribution is -2.23. The van der Waals surface area contributed by atoms with E-state index in [1.165, 1.54) is 0 Å². The summed E-state index contributed by atoms with van der Waals surface area (Å²) in [4.78, 5) is 14.0. The number of benzene rings is 2. The Labute approximate surface area is 197 Å². The van der Waals surface area contributed by atoms with Gasteiger partial charge in [0, 0.05) is 23.2 Å². The van der Waals surface area contributed by atoms with E-state index in [2.05, 4.69) is 16.7 Å². The first-order chi connectivity index (χ1) is 16.1. The molecule has 170 valence electrons. The molecule has 1 aliphatic rings. The summed E-state index contributed by atoms with van der Waals surface area (Å²) in [6.45, 7) is 0.649. The number of thiophene rings is 1. The number of allylic oxidation sites excluding steroid dienone is 1. The Hall–Kier alpha value is -3.71. The SMILES string of the molecule is COc1ccc(NCC2=CCC(C(=O)Nc3cc(-c4cccs4)ccc3N)C=C2)cc1OC. The van der Waals surface area contributed by atoms with Crippen molar-refractivity contribution in [3.8, 4) is 21.9 Å². The first kappa shape index (κ1) is 22.5. The minimum absolute atomic E-state index is 0.0653. The van der Waals surface area contributed by atoms with Gasteiger partial charge in [0.15, 0.2) is 11.5 Å². The molecule has 1 heterocycles. The highest BCUT2D eigenvalue weighted by Crippen LogP contribution is 2.32. The van der Waals surface area contributed by atoms with E-state index >= 15 is 0 Å². The molecular weight excluding hydrogens is 434 g/mol. The van der Waals surface area contributed by atoms with Gasteiger partial charge in [-0.25, -0.2) is 0 Å². The quantitative estimate of drug-likeness (QED) is 0.382. The Morgan fingerprint density at radius 2 is 1.97 bits per heavy atom. The van der Waals surface area contributed by atoms with Gasteiger partial charge in [0.1, 0.15) is 0 Å². The van der Waals surface area contributed by atoms with Gasteiger partial charge >= 0.3 is 0 Å². The molecule has 1 unspecified atom stereocenters. The molecule has 1 atom stereocenters. The van der Waals surface area contributed by atoms with Crippen molar-refractivity contribution in [2.45, 2.75) is 6.42 Å². The van der Waals surface area contributed by atoms with Crippen LogP contribution < -0.4 is 25.8 Å². The van der Waals surface area contributed by atoms with Crippen molar-refractivity contribution in [3.63, 3.8) is 0 Å². The van der Waals surface area contributed by atoms with Crippen LogP contribution in [0.4, 0.5) is 17.1 Å². The maximum Gasteiger partial charge on any atom is 0.231 e. The minimum Gasteiger partial charge on any atom is -0.493 e. The van der Waals surface area contributed by atoms with Crippen molar-refractivity contribution in [3.05, 3.63) is 77.7 Å². The molecule has 1 amide bonds. The number of anilines is 3. The van der Waals surface area contributed by atoms with Crippen LogP contribution in [-0.4, -0.2) is 26.7 Å². The van der Waals surface area contributed by atoms with Crippen LogP contribution in [0.1, 0.15) is 6.42 Å². The van der Waals surface area contributed by atoms with Crippen LogP contribution in [0.2, 0.25) is 0 Å². The number of methoxy groups -OCH3 is 2. The van der Waals surface area contributed by atoms with E-state index in [1.807, 2.05) is 66.1 Å². The maximum absolute atomic E-state index is 12.8. The Balaban J connectivity index is 1.34. The molecule has 0 radical (unpaired) electrons. The number of nitrogens with one attached hydrogen (secondary N) is 2. The van der Waals surface area contributed by atoms with Crippen LogP contribution in [0.25, 0.3) is 10.4 Å². The highest BCUT2D eigenvalue weighted by atomic mass is 32.1. The molecule has 0 fully saturated rings. The molecule has 1 aromatic heterocycles. The molecule has 0 aliphatic heterocycles. The number of carbonyl (C=O) groups excluding carboxylic acids is 1. The number of hydrogen-bond donors (Lipinski definition) is 3. The fourth-order valence-corrected chi connectivity index (χ4v) is 4.35. The van der Waals surface area contributed by atoms with Crippen molar-refractivity contribution < 1.29 is 14.3 Å². The second-order valence-corrected chi connectivity index (χ2v) is 8.62. The van der Waals surface area contributed by atoms with Gasteiger partial charge < -0.3 is 25.8 Å². The molecule has 0 bridgehead atoms. The molecule has 4 rings (SSSR count). The molecule has 0 saturated heterocycles. The third kappa shape index (κ3) is 5.38. The van der Waals surface area contributed by atoms with Crippen LogP contribution in [0.3, 0.4) is 0 Å². The van der Waals surface area contributed by atoms with E-state index in [0.717, 1.165) is 21.7 Å². The van der Waals surface area contributed by atoms with Gasteiger partial charge in [-0.2, -0.15) is 0 Å². The van der Waals surface area contributed by atoms with Gasteiger partial charge in [-0.05, 0) is 53.3 Å². The van der Waals surface area contributed by atoms with Crippen LogP contribution in [0, 0.1) is 5.92 Å². The Kier molecular flexibility index (Phi) is 7.00. The zero-order chi connectivity index (χ0) is 23.2. The van der Waals surface area contributed by atoms with Gasteiger partial charge in [0.2, 0.25) is 5.91 Å². The molecule has 2 aromatic carbocycles. The number of amides is 1. The maximum atomic E-state index is 12.8. The van der Waals surface area contributed by atoms with Crippen LogP contribution in [-0.2, 0) is 4.79 Å². The predicted molar refractivity (Wildman–Crippen MR) is 136 cm³/mol. The minimum atomic E-state index is -0.236.